The van der Waals surface area contributed by atoms with E-state index in [1.165, 1.54) is 5.56 Å². The minimum absolute atomic E-state index is 0.0610. The van der Waals surface area contributed by atoms with Gasteiger partial charge in [0.25, 0.3) is 0 Å². The quantitative estimate of drug-likeness (QED) is 0.337. The van der Waals surface area contributed by atoms with Gasteiger partial charge in [0.1, 0.15) is 0 Å². The molecule has 1 aromatic rings. The average molecular weight is 589 g/mol. The molecule has 0 bridgehead atoms. The van der Waals surface area contributed by atoms with Gasteiger partial charge in [0.15, 0.2) is 14.1 Å². The molecule has 4 aliphatic rings. The second-order valence-electron chi connectivity index (χ2n) is 15.3. The monoisotopic (exact) mass is 588 g/mol. The minimum Gasteiger partial charge on any atom is -0.414 e. The van der Waals surface area contributed by atoms with Crippen LogP contribution in [0, 0.1) is 28.6 Å². The number of halogens is 1. The van der Waals surface area contributed by atoms with E-state index in [1.807, 2.05) is 12.1 Å². The summed E-state index contributed by atoms with van der Waals surface area (Å²) in [4.78, 5) is 0. The van der Waals surface area contributed by atoms with Crippen molar-refractivity contribution >= 4 is 26.0 Å². The standard InChI is InChI=1S/C34H53ClO4Si/c1-31(2,3)40(6,7)39-27-15-18-32(4,25(23-27)10-8-9-24-11-13-26(35)14-12-24)28-16-19-33(5)29(30(28)36)17-20-34(33)37-21-22-38-34/h8-9,11-14,25,27-30,36H,10,15-23H2,1-7H3/b9-8-/t25-,27-,28?,29?,30+,32-,33-/m0/s1. The molecule has 6 heteroatoms. The van der Waals surface area contributed by atoms with E-state index in [1.54, 1.807) is 0 Å². The molecular formula is C34H53ClO4Si. The number of rotatable bonds is 6. The van der Waals surface area contributed by atoms with Crippen LogP contribution in [0.1, 0.15) is 91.5 Å². The molecule has 4 nitrogen and oxygen atoms in total. The fourth-order valence-electron chi connectivity index (χ4n) is 8.59. The van der Waals surface area contributed by atoms with Gasteiger partial charge in [-0.1, -0.05) is 70.5 Å². The highest BCUT2D eigenvalue weighted by molar-refractivity contribution is 6.74. The van der Waals surface area contributed by atoms with Gasteiger partial charge >= 0.3 is 0 Å². The third-order valence-corrected chi connectivity index (χ3v) is 17.0. The molecule has 1 heterocycles. The lowest BCUT2D eigenvalue weighted by Crippen LogP contribution is -2.57. The first-order chi connectivity index (χ1) is 18.7. The maximum atomic E-state index is 12.1. The molecule has 5 rings (SSSR count). The summed E-state index contributed by atoms with van der Waals surface area (Å²) >= 11 is 6.12. The summed E-state index contributed by atoms with van der Waals surface area (Å²) in [5.41, 5.74) is 1.13. The van der Waals surface area contributed by atoms with Gasteiger partial charge in [-0.15, -0.1) is 0 Å². The van der Waals surface area contributed by atoms with Gasteiger partial charge in [0.05, 0.1) is 19.3 Å². The van der Waals surface area contributed by atoms with E-state index >= 15 is 0 Å². The van der Waals surface area contributed by atoms with Crippen LogP contribution in [-0.4, -0.2) is 44.6 Å². The predicted molar refractivity (Wildman–Crippen MR) is 167 cm³/mol. The molecule has 40 heavy (non-hydrogen) atoms. The van der Waals surface area contributed by atoms with Crippen LogP contribution in [0.3, 0.4) is 0 Å². The first-order valence-corrected chi connectivity index (χ1v) is 19.1. The molecular weight excluding hydrogens is 536 g/mol. The van der Waals surface area contributed by atoms with Crippen LogP contribution in [0.25, 0.3) is 6.08 Å². The zero-order valence-corrected chi connectivity index (χ0v) is 27.7. The predicted octanol–water partition coefficient (Wildman–Crippen LogP) is 8.87. The fraction of sp³-hybridized carbons (Fsp3) is 0.765. The van der Waals surface area contributed by atoms with E-state index < -0.39 is 14.1 Å². The number of allylic oxidation sites excluding steroid dienone is 1. The first-order valence-electron chi connectivity index (χ1n) is 15.8. The molecule has 7 atom stereocenters. The van der Waals surface area contributed by atoms with E-state index in [-0.39, 0.29) is 33.8 Å². The molecule has 224 valence electrons. The molecule has 0 aromatic heterocycles. The highest BCUT2D eigenvalue weighted by atomic mass is 35.5. The van der Waals surface area contributed by atoms with Crippen molar-refractivity contribution in [2.75, 3.05) is 13.2 Å². The van der Waals surface area contributed by atoms with Crippen LogP contribution in [0.5, 0.6) is 0 Å². The third-order valence-electron chi connectivity index (χ3n) is 12.2. The van der Waals surface area contributed by atoms with Crippen LogP contribution in [0.2, 0.25) is 23.2 Å². The van der Waals surface area contributed by atoms with Crippen LogP contribution in [0.15, 0.2) is 30.3 Å². The number of ether oxygens (including phenoxy) is 2. The Morgan fingerprint density at radius 3 is 2.30 bits per heavy atom. The highest BCUT2D eigenvalue weighted by Crippen LogP contribution is 2.65. The molecule has 4 fully saturated rings. The largest absolute Gasteiger partial charge is 0.414 e. The van der Waals surface area contributed by atoms with Crippen molar-refractivity contribution in [2.45, 2.75) is 122 Å². The molecule has 0 amide bonds. The Labute approximate surface area is 249 Å². The zero-order valence-electron chi connectivity index (χ0n) is 26.0. The van der Waals surface area contributed by atoms with Crippen molar-refractivity contribution in [3.8, 4) is 0 Å². The second-order valence-corrected chi connectivity index (χ2v) is 20.5. The topological polar surface area (TPSA) is 47.9 Å². The number of hydrogen-bond donors (Lipinski definition) is 1. The summed E-state index contributed by atoms with van der Waals surface area (Å²) in [5.74, 6) is 0.482. The van der Waals surface area contributed by atoms with Gasteiger partial charge in [-0.05, 0) is 104 Å². The van der Waals surface area contributed by atoms with Gasteiger partial charge in [-0.3, -0.25) is 0 Å². The second kappa shape index (κ2) is 11.1. The van der Waals surface area contributed by atoms with E-state index in [4.69, 9.17) is 25.5 Å². The summed E-state index contributed by atoms with van der Waals surface area (Å²) in [6.07, 6.45) is 12.8. The smallest absolute Gasteiger partial charge is 0.192 e. The first kappa shape index (κ1) is 30.8. The van der Waals surface area contributed by atoms with Gasteiger partial charge < -0.3 is 19.0 Å². The van der Waals surface area contributed by atoms with Crippen LogP contribution in [0.4, 0.5) is 0 Å². The summed E-state index contributed by atoms with van der Waals surface area (Å²) in [5, 5.41) is 13.1. The summed E-state index contributed by atoms with van der Waals surface area (Å²) in [7, 11) is -1.86. The molecule has 3 aliphatic carbocycles. The van der Waals surface area contributed by atoms with Gasteiger partial charge in [0.2, 0.25) is 0 Å². The third kappa shape index (κ3) is 5.41. The Balaban J connectivity index is 1.37. The van der Waals surface area contributed by atoms with E-state index in [0.717, 1.165) is 56.4 Å². The van der Waals surface area contributed by atoms with Gasteiger partial charge in [0, 0.05) is 23.0 Å². The maximum Gasteiger partial charge on any atom is 0.192 e. The van der Waals surface area contributed by atoms with Crippen molar-refractivity contribution in [3.05, 3.63) is 40.9 Å². The minimum atomic E-state index is -1.86. The number of fused-ring (bicyclic) bond motifs is 2. The molecule has 1 N–H and O–H groups in total. The lowest BCUT2D eigenvalue weighted by Gasteiger charge is -2.57. The number of hydrogen-bond acceptors (Lipinski definition) is 4. The molecule has 0 radical (unpaired) electrons. The van der Waals surface area contributed by atoms with Crippen molar-refractivity contribution in [1.29, 1.82) is 0 Å². The summed E-state index contributed by atoms with van der Waals surface area (Å²) < 4.78 is 19.6. The Morgan fingerprint density at radius 2 is 1.65 bits per heavy atom. The molecule has 1 saturated heterocycles. The molecule has 3 saturated carbocycles. The summed E-state index contributed by atoms with van der Waals surface area (Å²) in [6, 6.07) is 8.07. The van der Waals surface area contributed by atoms with E-state index in [9.17, 15) is 5.11 Å². The van der Waals surface area contributed by atoms with Crippen molar-refractivity contribution in [2.24, 2.45) is 28.6 Å². The Kier molecular flexibility index (Phi) is 8.53. The number of aliphatic hydroxyl groups excluding tert-OH is 1. The van der Waals surface area contributed by atoms with Crippen molar-refractivity contribution in [3.63, 3.8) is 0 Å². The molecule has 2 unspecified atom stereocenters. The Morgan fingerprint density at radius 1 is 1.00 bits per heavy atom. The summed E-state index contributed by atoms with van der Waals surface area (Å²) in [6.45, 7) is 17.9. The number of aliphatic hydroxyl groups is 1. The van der Waals surface area contributed by atoms with Crippen LogP contribution >= 0.6 is 11.6 Å². The van der Waals surface area contributed by atoms with Crippen molar-refractivity contribution < 1.29 is 19.0 Å². The Bertz CT molecular complexity index is 1060. The van der Waals surface area contributed by atoms with E-state index in [0.29, 0.717) is 25.2 Å². The Hall–Kier alpha value is -0.693. The maximum absolute atomic E-state index is 12.1. The molecule has 1 aliphatic heterocycles. The average Bonchev–Trinajstić information content (AvgIpc) is 3.48. The molecule has 1 spiro atoms. The van der Waals surface area contributed by atoms with Gasteiger partial charge in [-0.2, -0.15) is 0 Å². The van der Waals surface area contributed by atoms with Gasteiger partial charge in [-0.25, -0.2) is 0 Å². The lowest BCUT2D eigenvalue weighted by atomic mass is 9.51. The lowest BCUT2D eigenvalue weighted by molar-refractivity contribution is -0.250. The normalized spacial score (nSPS) is 38.3. The molecule has 1 aromatic carbocycles. The number of benzene rings is 1. The van der Waals surface area contributed by atoms with Crippen molar-refractivity contribution in [1.82, 2.24) is 0 Å². The van der Waals surface area contributed by atoms with Crippen LogP contribution < -0.4 is 0 Å². The van der Waals surface area contributed by atoms with E-state index in [2.05, 4.69) is 72.0 Å². The van der Waals surface area contributed by atoms with Crippen LogP contribution in [-0.2, 0) is 13.9 Å². The highest BCUT2D eigenvalue weighted by Gasteiger charge is 2.66. The fourth-order valence-corrected chi connectivity index (χ4v) is 10.1. The SMILES string of the molecule is CC(C)(C)[Si](C)(C)O[C@H]1CC[C@](C)(C2CC[C@@]3(C)C(CCC34OCCO4)[C@@H]2O)[C@@H](C/C=C\c2ccc(Cl)cc2)C1. The zero-order chi connectivity index (χ0) is 29.0.